The number of ketones is 1. The lowest BCUT2D eigenvalue weighted by molar-refractivity contribution is 0.0839. The highest BCUT2D eigenvalue weighted by molar-refractivity contribution is 5.97. The van der Waals surface area contributed by atoms with Gasteiger partial charge >= 0.3 is 0 Å². The second-order valence-electron chi connectivity index (χ2n) is 8.35. The van der Waals surface area contributed by atoms with Crippen LogP contribution < -0.4 is 5.56 Å². The van der Waals surface area contributed by atoms with Gasteiger partial charge in [0.05, 0.1) is 0 Å². The Labute approximate surface area is 181 Å². The van der Waals surface area contributed by atoms with Crippen molar-refractivity contribution in [1.29, 1.82) is 0 Å². The number of carbonyl (C=O) groups excluding carboxylic acids is 1. The van der Waals surface area contributed by atoms with Crippen molar-refractivity contribution in [3.8, 4) is 0 Å². The molecule has 6 heteroatoms. The molecule has 3 heterocycles. The van der Waals surface area contributed by atoms with Crippen LogP contribution in [0, 0.1) is 18.7 Å². The lowest BCUT2D eigenvalue weighted by Gasteiger charge is -2.31. The van der Waals surface area contributed by atoms with E-state index in [1.807, 2.05) is 25.1 Å². The number of fused-ring (bicyclic) bond motifs is 1. The van der Waals surface area contributed by atoms with Crippen molar-refractivity contribution in [3.05, 3.63) is 81.7 Å². The zero-order valence-electron chi connectivity index (χ0n) is 17.9. The van der Waals surface area contributed by atoms with Gasteiger partial charge in [0.2, 0.25) is 0 Å². The van der Waals surface area contributed by atoms with E-state index in [0.29, 0.717) is 11.2 Å². The third-order valence-corrected chi connectivity index (χ3v) is 6.27. The molecule has 0 N–H and O–H groups in total. The van der Waals surface area contributed by atoms with Crippen molar-refractivity contribution < 1.29 is 9.18 Å². The van der Waals surface area contributed by atoms with E-state index < -0.39 is 0 Å². The molecule has 0 atom stereocenters. The minimum atomic E-state index is -0.316. The minimum Gasteiger partial charge on any atom is -0.303 e. The van der Waals surface area contributed by atoms with Crippen LogP contribution in [0.4, 0.5) is 4.39 Å². The molecule has 0 spiro atoms. The number of carbonyl (C=O) groups is 1. The van der Waals surface area contributed by atoms with Crippen molar-refractivity contribution in [2.45, 2.75) is 39.0 Å². The normalized spacial score (nSPS) is 15.4. The van der Waals surface area contributed by atoms with Crippen LogP contribution >= 0.6 is 0 Å². The average molecular weight is 422 g/mol. The zero-order chi connectivity index (χ0) is 21.8. The third-order valence-electron chi connectivity index (χ3n) is 6.27. The Morgan fingerprint density at radius 2 is 1.84 bits per heavy atom. The number of aryl methyl sites for hydroxylation is 1. The molecule has 2 aromatic heterocycles. The molecule has 0 unspecified atom stereocenters. The predicted octanol–water partition coefficient (Wildman–Crippen LogP) is 4.06. The van der Waals surface area contributed by atoms with Gasteiger partial charge in [-0.3, -0.25) is 14.0 Å². The Balaban J connectivity index is 1.25. The standard InChI is InChI=1S/C25H28FN3O2/c1-18-22(25(31)29-15-5-3-7-23(29)27-18)6-2-4-14-28-16-12-20(13-17-28)24(30)19-8-10-21(26)11-9-19/h3,5,7-11,15,20H,2,4,6,12-14,16-17H2,1H3. The van der Waals surface area contributed by atoms with Crippen molar-refractivity contribution >= 4 is 11.4 Å². The van der Waals surface area contributed by atoms with Gasteiger partial charge in [-0.1, -0.05) is 6.07 Å². The van der Waals surface area contributed by atoms with Gasteiger partial charge in [0.25, 0.3) is 5.56 Å². The number of hydrogen-bond donors (Lipinski definition) is 0. The summed E-state index contributed by atoms with van der Waals surface area (Å²) in [6.45, 7) is 4.68. The van der Waals surface area contributed by atoms with Gasteiger partial charge in [0.15, 0.2) is 5.78 Å². The molecular formula is C25H28FN3O2. The van der Waals surface area contributed by atoms with E-state index in [-0.39, 0.29) is 23.1 Å². The first-order valence-corrected chi connectivity index (χ1v) is 11.0. The number of benzene rings is 1. The summed E-state index contributed by atoms with van der Waals surface area (Å²) < 4.78 is 14.7. The van der Waals surface area contributed by atoms with Crippen LogP contribution in [-0.2, 0) is 6.42 Å². The number of aromatic nitrogens is 2. The molecule has 1 fully saturated rings. The third kappa shape index (κ3) is 4.90. The van der Waals surface area contributed by atoms with Crippen molar-refractivity contribution in [2.75, 3.05) is 19.6 Å². The molecule has 1 aliphatic rings. The fourth-order valence-electron chi connectivity index (χ4n) is 4.43. The number of nitrogens with zero attached hydrogens (tertiary/aromatic N) is 3. The van der Waals surface area contributed by atoms with E-state index in [0.717, 1.165) is 63.0 Å². The molecule has 1 aliphatic heterocycles. The summed E-state index contributed by atoms with van der Waals surface area (Å²) >= 11 is 0. The summed E-state index contributed by atoms with van der Waals surface area (Å²) in [6, 6.07) is 11.4. The fourth-order valence-corrected chi connectivity index (χ4v) is 4.43. The van der Waals surface area contributed by atoms with E-state index in [1.54, 1.807) is 22.7 Å². The number of piperidine rings is 1. The maximum Gasteiger partial charge on any atom is 0.261 e. The molecule has 0 bridgehead atoms. The summed E-state index contributed by atoms with van der Waals surface area (Å²) in [4.78, 5) is 32.3. The monoisotopic (exact) mass is 421 g/mol. The lowest BCUT2D eigenvalue weighted by atomic mass is 9.89. The molecule has 0 radical (unpaired) electrons. The van der Waals surface area contributed by atoms with Gasteiger partial charge < -0.3 is 4.90 Å². The highest BCUT2D eigenvalue weighted by Crippen LogP contribution is 2.22. The van der Waals surface area contributed by atoms with E-state index in [9.17, 15) is 14.0 Å². The first-order chi connectivity index (χ1) is 15.0. The summed E-state index contributed by atoms with van der Waals surface area (Å²) in [7, 11) is 0. The van der Waals surface area contributed by atoms with E-state index in [2.05, 4.69) is 9.88 Å². The second kappa shape index (κ2) is 9.52. The van der Waals surface area contributed by atoms with Gasteiger partial charge in [0.1, 0.15) is 11.5 Å². The Kier molecular flexibility index (Phi) is 6.56. The molecule has 1 saturated heterocycles. The second-order valence-corrected chi connectivity index (χ2v) is 8.35. The molecule has 1 aromatic carbocycles. The quantitative estimate of drug-likeness (QED) is 0.426. The molecule has 3 aromatic rings. The van der Waals surface area contributed by atoms with Gasteiger partial charge in [-0.15, -0.1) is 0 Å². The molecule has 4 rings (SSSR count). The van der Waals surface area contributed by atoms with E-state index in [1.165, 1.54) is 12.1 Å². The Morgan fingerprint density at radius 3 is 2.58 bits per heavy atom. The predicted molar refractivity (Wildman–Crippen MR) is 119 cm³/mol. The lowest BCUT2D eigenvalue weighted by Crippen LogP contribution is -2.37. The van der Waals surface area contributed by atoms with Crippen molar-refractivity contribution in [1.82, 2.24) is 14.3 Å². The Hall–Kier alpha value is -2.86. The summed E-state index contributed by atoms with van der Waals surface area (Å²) in [5.74, 6) is -0.170. The number of unbranched alkanes of at least 4 members (excludes halogenated alkanes) is 1. The van der Waals surface area contributed by atoms with Crippen LogP contribution in [0.2, 0.25) is 0 Å². The summed E-state index contributed by atoms with van der Waals surface area (Å²) in [6.07, 6.45) is 6.12. The van der Waals surface area contributed by atoms with Crippen LogP contribution in [0.3, 0.4) is 0 Å². The molecular weight excluding hydrogens is 393 g/mol. The first-order valence-electron chi connectivity index (χ1n) is 11.0. The zero-order valence-corrected chi connectivity index (χ0v) is 17.9. The highest BCUT2D eigenvalue weighted by Gasteiger charge is 2.25. The van der Waals surface area contributed by atoms with Gasteiger partial charge in [0, 0.05) is 28.9 Å². The smallest absolute Gasteiger partial charge is 0.261 e. The maximum absolute atomic E-state index is 13.1. The number of hydrogen-bond acceptors (Lipinski definition) is 4. The summed E-state index contributed by atoms with van der Waals surface area (Å²) in [5.41, 5.74) is 2.93. The van der Waals surface area contributed by atoms with Crippen molar-refractivity contribution in [3.63, 3.8) is 0 Å². The highest BCUT2D eigenvalue weighted by atomic mass is 19.1. The van der Waals surface area contributed by atoms with Gasteiger partial charge in [-0.05, 0) is 95.1 Å². The van der Waals surface area contributed by atoms with E-state index >= 15 is 0 Å². The van der Waals surface area contributed by atoms with Crippen LogP contribution in [0.1, 0.15) is 47.3 Å². The maximum atomic E-state index is 13.1. The Morgan fingerprint density at radius 1 is 1.10 bits per heavy atom. The largest absolute Gasteiger partial charge is 0.303 e. The van der Waals surface area contributed by atoms with Crippen LogP contribution in [-0.4, -0.2) is 39.7 Å². The van der Waals surface area contributed by atoms with Gasteiger partial charge in [-0.2, -0.15) is 0 Å². The summed E-state index contributed by atoms with van der Waals surface area (Å²) in [5, 5.41) is 0. The number of halogens is 1. The molecule has 5 nitrogen and oxygen atoms in total. The SMILES string of the molecule is Cc1nc2ccccn2c(=O)c1CCCCN1CCC(C(=O)c2ccc(F)cc2)CC1. The number of likely N-dealkylation sites (tertiary alicyclic amines) is 1. The minimum absolute atomic E-state index is 0.0214. The number of Topliss-reactive ketones (excluding diaryl/α,β-unsaturated/α-hetero) is 1. The van der Waals surface area contributed by atoms with Crippen LogP contribution in [0.15, 0.2) is 53.5 Å². The number of pyridine rings is 1. The van der Waals surface area contributed by atoms with Crippen LogP contribution in [0.5, 0.6) is 0 Å². The van der Waals surface area contributed by atoms with Crippen LogP contribution in [0.25, 0.3) is 5.65 Å². The molecule has 31 heavy (non-hydrogen) atoms. The average Bonchev–Trinajstić information content (AvgIpc) is 2.79. The molecule has 162 valence electrons. The molecule has 0 saturated carbocycles. The Bertz CT molecular complexity index is 1120. The van der Waals surface area contributed by atoms with E-state index in [4.69, 9.17) is 0 Å². The molecule has 0 aliphatic carbocycles. The molecule has 0 amide bonds. The van der Waals surface area contributed by atoms with Crippen molar-refractivity contribution in [2.24, 2.45) is 5.92 Å². The fraction of sp³-hybridized carbons (Fsp3) is 0.400. The number of rotatable bonds is 7. The first kappa shape index (κ1) is 21.4. The van der Waals surface area contributed by atoms with Gasteiger partial charge in [-0.25, -0.2) is 9.37 Å². The topological polar surface area (TPSA) is 54.7 Å².